The molecule has 7 nitrogen and oxygen atoms in total. The van der Waals surface area contributed by atoms with E-state index in [1.54, 1.807) is 25.6 Å². The predicted octanol–water partition coefficient (Wildman–Crippen LogP) is 2.49. The van der Waals surface area contributed by atoms with Gasteiger partial charge in [-0.05, 0) is 23.8 Å². The first kappa shape index (κ1) is 18.4. The first-order valence-corrected chi connectivity index (χ1v) is 9.99. The molecule has 1 fully saturated rings. The lowest BCUT2D eigenvalue weighted by Gasteiger charge is -2.34. The molecule has 8 heteroatoms. The molecule has 0 radical (unpaired) electrons. The molecule has 4 rings (SSSR count). The number of hydrogen-bond donors (Lipinski definition) is 0. The molecular weight excluding hydrogens is 374 g/mol. The Balaban J connectivity index is 1.35. The van der Waals surface area contributed by atoms with Crippen molar-refractivity contribution in [2.24, 2.45) is 0 Å². The van der Waals surface area contributed by atoms with Crippen molar-refractivity contribution < 1.29 is 9.53 Å². The van der Waals surface area contributed by atoms with Gasteiger partial charge in [0.25, 0.3) is 5.91 Å². The topological polar surface area (TPSA) is 71.5 Å². The second-order valence-corrected chi connectivity index (χ2v) is 7.42. The van der Waals surface area contributed by atoms with Gasteiger partial charge >= 0.3 is 0 Å². The molecule has 1 saturated heterocycles. The lowest BCUT2D eigenvalue weighted by molar-refractivity contribution is 0.0741. The maximum atomic E-state index is 12.8. The van der Waals surface area contributed by atoms with E-state index < -0.39 is 0 Å². The fraction of sp³-hybridized carbons (Fsp3) is 0.300. The summed E-state index contributed by atoms with van der Waals surface area (Å²) >= 11 is 1.52. The highest BCUT2D eigenvalue weighted by atomic mass is 32.1. The number of nitrogens with zero attached hydrogens (tertiary/aromatic N) is 5. The maximum absolute atomic E-state index is 12.8. The number of benzene rings is 1. The van der Waals surface area contributed by atoms with Crippen LogP contribution < -0.4 is 9.64 Å². The van der Waals surface area contributed by atoms with Crippen LogP contribution in [0, 0.1) is 0 Å². The third-order valence-corrected chi connectivity index (χ3v) is 5.54. The average molecular weight is 395 g/mol. The zero-order valence-corrected chi connectivity index (χ0v) is 16.4. The monoisotopic (exact) mass is 395 g/mol. The maximum Gasteiger partial charge on any atom is 0.273 e. The fourth-order valence-electron chi connectivity index (χ4n) is 3.13. The van der Waals surface area contributed by atoms with Crippen LogP contribution in [-0.4, -0.2) is 59.0 Å². The zero-order valence-electron chi connectivity index (χ0n) is 15.6. The Kier molecular flexibility index (Phi) is 5.48. The van der Waals surface area contributed by atoms with Gasteiger partial charge in [-0.2, -0.15) is 0 Å². The Hall–Kier alpha value is -3.00. The first-order chi connectivity index (χ1) is 13.7. The molecule has 0 bridgehead atoms. The number of piperazine rings is 1. The Morgan fingerprint density at radius 3 is 2.50 bits per heavy atom. The number of amides is 1. The second kappa shape index (κ2) is 8.35. The summed E-state index contributed by atoms with van der Waals surface area (Å²) < 4.78 is 5.18. The minimum atomic E-state index is -0.00846. The third-order valence-electron chi connectivity index (χ3n) is 4.69. The minimum Gasteiger partial charge on any atom is -0.497 e. The van der Waals surface area contributed by atoms with Crippen LogP contribution in [0.4, 0.5) is 5.95 Å². The van der Waals surface area contributed by atoms with E-state index in [2.05, 4.69) is 19.9 Å². The number of rotatable bonds is 5. The standard InChI is InChI=1S/C20H21N5O2S/c1-27-16-5-3-15(4-6-16)13-18-23-17(14-28-18)19(26)24-9-11-25(12-10-24)20-21-7-2-8-22-20/h2-8,14H,9-13H2,1H3. The third kappa shape index (κ3) is 4.12. The molecule has 0 N–H and O–H groups in total. The van der Waals surface area contributed by atoms with E-state index in [0.29, 0.717) is 31.2 Å². The largest absolute Gasteiger partial charge is 0.497 e. The predicted molar refractivity (Wildman–Crippen MR) is 108 cm³/mol. The highest BCUT2D eigenvalue weighted by molar-refractivity contribution is 7.09. The van der Waals surface area contributed by atoms with Gasteiger partial charge in [-0.25, -0.2) is 15.0 Å². The molecule has 2 aromatic heterocycles. The molecule has 144 valence electrons. The number of thiazole rings is 1. The summed E-state index contributed by atoms with van der Waals surface area (Å²) in [6, 6.07) is 9.71. The molecule has 0 unspecified atom stereocenters. The van der Waals surface area contributed by atoms with Crippen LogP contribution in [0.1, 0.15) is 21.1 Å². The molecular formula is C20H21N5O2S. The summed E-state index contributed by atoms with van der Waals surface area (Å²) in [4.78, 5) is 29.9. The number of anilines is 1. The van der Waals surface area contributed by atoms with Crippen molar-refractivity contribution in [3.05, 3.63) is 64.4 Å². The number of ether oxygens (including phenoxy) is 1. The van der Waals surface area contributed by atoms with E-state index in [4.69, 9.17) is 4.74 Å². The Morgan fingerprint density at radius 1 is 1.11 bits per heavy atom. The lowest BCUT2D eigenvalue weighted by atomic mass is 10.1. The summed E-state index contributed by atoms with van der Waals surface area (Å²) in [5, 5.41) is 2.79. The van der Waals surface area contributed by atoms with Crippen molar-refractivity contribution >= 4 is 23.2 Å². The van der Waals surface area contributed by atoms with Gasteiger partial charge in [-0.15, -0.1) is 11.3 Å². The quantitative estimate of drug-likeness (QED) is 0.661. The Labute approximate surface area is 167 Å². The minimum absolute atomic E-state index is 0.00846. The SMILES string of the molecule is COc1ccc(Cc2nc(C(=O)N3CCN(c4ncccn4)CC3)cs2)cc1. The van der Waals surface area contributed by atoms with E-state index in [1.807, 2.05) is 34.5 Å². The van der Waals surface area contributed by atoms with Crippen LogP contribution in [0.3, 0.4) is 0 Å². The number of methoxy groups -OCH3 is 1. The van der Waals surface area contributed by atoms with Crippen LogP contribution in [0.5, 0.6) is 5.75 Å². The molecule has 28 heavy (non-hydrogen) atoms. The van der Waals surface area contributed by atoms with Crippen LogP contribution in [0.15, 0.2) is 48.1 Å². The van der Waals surface area contributed by atoms with Crippen molar-refractivity contribution in [1.29, 1.82) is 0 Å². The Bertz CT molecular complexity index is 921. The van der Waals surface area contributed by atoms with E-state index >= 15 is 0 Å². The highest BCUT2D eigenvalue weighted by Gasteiger charge is 2.24. The van der Waals surface area contributed by atoms with Crippen molar-refractivity contribution in [2.75, 3.05) is 38.2 Å². The van der Waals surface area contributed by atoms with Gasteiger partial charge < -0.3 is 14.5 Å². The molecule has 1 amide bonds. The molecule has 1 aliphatic rings. The second-order valence-electron chi connectivity index (χ2n) is 6.48. The van der Waals surface area contributed by atoms with Crippen molar-refractivity contribution in [3.63, 3.8) is 0 Å². The number of carbonyl (C=O) groups is 1. The smallest absolute Gasteiger partial charge is 0.273 e. The zero-order chi connectivity index (χ0) is 19.3. The van der Waals surface area contributed by atoms with Crippen LogP contribution in [0.2, 0.25) is 0 Å². The summed E-state index contributed by atoms with van der Waals surface area (Å²) in [5.74, 6) is 1.54. The van der Waals surface area contributed by atoms with E-state index in [-0.39, 0.29) is 5.91 Å². The first-order valence-electron chi connectivity index (χ1n) is 9.11. The van der Waals surface area contributed by atoms with Gasteiger partial charge in [0.05, 0.1) is 12.1 Å². The molecule has 1 aliphatic heterocycles. The summed E-state index contributed by atoms with van der Waals surface area (Å²) in [7, 11) is 1.65. The average Bonchev–Trinajstić information content (AvgIpc) is 3.23. The van der Waals surface area contributed by atoms with Crippen molar-refractivity contribution in [3.8, 4) is 5.75 Å². The number of carbonyl (C=O) groups excluding carboxylic acids is 1. The van der Waals surface area contributed by atoms with E-state index in [1.165, 1.54) is 11.3 Å². The number of aromatic nitrogens is 3. The van der Waals surface area contributed by atoms with Gasteiger partial charge in [0.1, 0.15) is 11.4 Å². The normalized spacial score (nSPS) is 14.2. The molecule has 0 atom stereocenters. The molecule has 3 aromatic rings. The fourth-order valence-corrected chi connectivity index (χ4v) is 3.94. The van der Waals surface area contributed by atoms with E-state index in [9.17, 15) is 4.79 Å². The van der Waals surface area contributed by atoms with Crippen molar-refractivity contribution in [2.45, 2.75) is 6.42 Å². The summed E-state index contributed by atoms with van der Waals surface area (Å²) in [6.45, 7) is 2.72. The molecule has 0 saturated carbocycles. The molecule has 0 aliphatic carbocycles. The highest BCUT2D eigenvalue weighted by Crippen LogP contribution is 2.19. The summed E-state index contributed by atoms with van der Waals surface area (Å²) in [5.41, 5.74) is 1.67. The molecule has 0 spiro atoms. The van der Waals surface area contributed by atoms with Gasteiger partial charge in [0, 0.05) is 50.4 Å². The van der Waals surface area contributed by atoms with Crippen LogP contribution in [-0.2, 0) is 6.42 Å². The van der Waals surface area contributed by atoms with Crippen LogP contribution in [0.25, 0.3) is 0 Å². The van der Waals surface area contributed by atoms with Crippen molar-refractivity contribution in [1.82, 2.24) is 19.9 Å². The number of hydrogen-bond acceptors (Lipinski definition) is 7. The molecule has 3 heterocycles. The molecule has 1 aromatic carbocycles. The van der Waals surface area contributed by atoms with Gasteiger partial charge in [-0.1, -0.05) is 12.1 Å². The van der Waals surface area contributed by atoms with Gasteiger partial charge in [0.15, 0.2) is 0 Å². The Morgan fingerprint density at radius 2 is 1.82 bits per heavy atom. The van der Waals surface area contributed by atoms with Gasteiger partial charge in [0.2, 0.25) is 5.95 Å². The lowest BCUT2D eigenvalue weighted by Crippen LogP contribution is -2.49. The van der Waals surface area contributed by atoms with Gasteiger partial charge in [-0.3, -0.25) is 4.79 Å². The summed E-state index contributed by atoms with van der Waals surface area (Å²) in [6.07, 6.45) is 4.18. The van der Waals surface area contributed by atoms with E-state index in [0.717, 1.165) is 29.4 Å². The van der Waals surface area contributed by atoms with Crippen LogP contribution >= 0.6 is 11.3 Å².